The average molecular weight is 308 g/mol. The van der Waals surface area contributed by atoms with E-state index in [0.717, 1.165) is 28.7 Å². The zero-order chi connectivity index (χ0) is 16.2. The molecule has 23 heavy (non-hydrogen) atoms. The molecule has 0 saturated heterocycles. The molecule has 3 rings (SSSR count). The lowest BCUT2D eigenvalue weighted by Gasteiger charge is -2.10. The molecule has 4 nitrogen and oxygen atoms in total. The Labute approximate surface area is 134 Å². The van der Waals surface area contributed by atoms with Gasteiger partial charge in [-0.05, 0) is 38.1 Å². The fourth-order valence-electron chi connectivity index (χ4n) is 2.05. The maximum atomic E-state index is 13.9. The SMILES string of the molecule is Cc1ccc(Nc2ncc(F)c(Nc3ccc(C)cc3)n2)cc1. The first-order valence-electron chi connectivity index (χ1n) is 7.30. The second kappa shape index (κ2) is 6.44. The molecule has 0 spiro atoms. The van der Waals surface area contributed by atoms with Crippen LogP contribution >= 0.6 is 0 Å². The smallest absolute Gasteiger partial charge is 0.229 e. The Morgan fingerprint density at radius 2 is 1.30 bits per heavy atom. The van der Waals surface area contributed by atoms with Gasteiger partial charge in [0.05, 0.1) is 6.20 Å². The minimum Gasteiger partial charge on any atom is -0.338 e. The van der Waals surface area contributed by atoms with Crippen molar-refractivity contribution in [3.8, 4) is 0 Å². The number of halogens is 1. The summed E-state index contributed by atoms with van der Waals surface area (Å²) >= 11 is 0. The standard InChI is InChI=1S/C18H17FN4/c1-12-3-7-14(8-4-12)21-17-16(19)11-20-18(23-17)22-15-9-5-13(2)6-10-15/h3-11H,1-2H3,(H2,20,21,22,23). The van der Waals surface area contributed by atoms with E-state index in [4.69, 9.17) is 0 Å². The van der Waals surface area contributed by atoms with Crippen molar-refractivity contribution in [2.75, 3.05) is 10.6 Å². The highest BCUT2D eigenvalue weighted by atomic mass is 19.1. The lowest BCUT2D eigenvalue weighted by atomic mass is 10.2. The third-order valence-corrected chi connectivity index (χ3v) is 3.37. The highest BCUT2D eigenvalue weighted by Crippen LogP contribution is 2.20. The minimum atomic E-state index is -0.500. The second-order valence-corrected chi connectivity index (χ2v) is 5.37. The summed E-state index contributed by atoms with van der Waals surface area (Å²) < 4.78 is 13.9. The van der Waals surface area contributed by atoms with Gasteiger partial charge in [-0.3, -0.25) is 0 Å². The van der Waals surface area contributed by atoms with Crippen molar-refractivity contribution < 1.29 is 4.39 Å². The number of anilines is 4. The molecule has 2 N–H and O–H groups in total. The summed E-state index contributed by atoms with van der Waals surface area (Å²) in [5.41, 5.74) is 3.93. The summed E-state index contributed by atoms with van der Waals surface area (Å²) in [4.78, 5) is 8.17. The molecule has 0 bridgehead atoms. The zero-order valence-electron chi connectivity index (χ0n) is 13.0. The number of nitrogens with zero attached hydrogens (tertiary/aromatic N) is 2. The maximum absolute atomic E-state index is 13.9. The number of benzene rings is 2. The third-order valence-electron chi connectivity index (χ3n) is 3.37. The quantitative estimate of drug-likeness (QED) is 0.732. The molecule has 0 fully saturated rings. The molecule has 5 heteroatoms. The Balaban J connectivity index is 1.81. The van der Waals surface area contributed by atoms with E-state index < -0.39 is 5.82 Å². The lowest BCUT2D eigenvalue weighted by Crippen LogP contribution is -2.03. The molecule has 0 atom stereocenters. The van der Waals surface area contributed by atoms with Gasteiger partial charge in [0.15, 0.2) is 11.6 Å². The number of hydrogen-bond donors (Lipinski definition) is 2. The topological polar surface area (TPSA) is 49.8 Å². The molecule has 0 radical (unpaired) electrons. The van der Waals surface area contributed by atoms with Gasteiger partial charge in [-0.2, -0.15) is 4.98 Å². The van der Waals surface area contributed by atoms with Crippen LogP contribution in [0.2, 0.25) is 0 Å². The summed E-state index contributed by atoms with van der Waals surface area (Å²) in [7, 11) is 0. The minimum absolute atomic E-state index is 0.137. The van der Waals surface area contributed by atoms with E-state index in [9.17, 15) is 4.39 Å². The van der Waals surface area contributed by atoms with E-state index in [1.807, 2.05) is 62.4 Å². The van der Waals surface area contributed by atoms with E-state index in [-0.39, 0.29) is 5.82 Å². The van der Waals surface area contributed by atoms with Gasteiger partial charge in [0, 0.05) is 11.4 Å². The fourth-order valence-corrected chi connectivity index (χ4v) is 2.05. The van der Waals surface area contributed by atoms with Crippen molar-refractivity contribution in [2.24, 2.45) is 0 Å². The van der Waals surface area contributed by atoms with Crippen molar-refractivity contribution in [3.05, 3.63) is 71.7 Å². The largest absolute Gasteiger partial charge is 0.338 e. The Morgan fingerprint density at radius 1 is 0.783 bits per heavy atom. The summed E-state index contributed by atoms with van der Waals surface area (Å²) in [6.45, 7) is 4.01. The molecule has 0 aliphatic rings. The van der Waals surface area contributed by atoms with E-state index in [1.54, 1.807) is 0 Å². The molecule has 0 unspecified atom stereocenters. The van der Waals surface area contributed by atoms with Crippen molar-refractivity contribution in [1.82, 2.24) is 9.97 Å². The van der Waals surface area contributed by atoms with Crippen LogP contribution in [-0.2, 0) is 0 Å². The van der Waals surface area contributed by atoms with Crippen LogP contribution < -0.4 is 10.6 Å². The number of aryl methyl sites for hydroxylation is 2. The molecule has 0 amide bonds. The van der Waals surface area contributed by atoms with Crippen LogP contribution in [0.3, 0.4) is 0 Å². The van der Waals surface area contributed by atoms with Crippen LogP contribution in [0.5, 0.6) is 0 Å². The molecule has 3 aromatic rings. The Hall–Kier alpha value is -2.95. The van der Waals surface area contributed by atoms with Crippen LogP contribution in [-0.4, -0.2) is 9.97 Å². The lowest BCUT2D eigenvalue weighted by molar-refractivity contribution is 0.619. The molecule has 116 valence electrons. The molecule has 2 aromatic carbocycles. The first-order valence-corrected chi connectivity index (χ1v) is 7.30. The van der Waals surface area contributed by atoms with Crippen molar-refractivity contribution in [2.45, 2.75) is 13.8 Å². The monoisotopic (exact) mass is 308 g/mol. The van der Waals surface area contributed by atoms with Gasteiger partial charge < -0.3 is 10.6 Å². The van der Waals surface area contributed by atoms with Crippen LogP contribution in [0.1, 0.15) is 11.1 Å². The van der Waals surface area contributed by atoms with Crippen molar-refractivity contribution in [3.63, 3.8) is 0 Å². The fraction of sp³-hybridized carbons (Fsp3) is 0.111. The molecule has 1 heterocycles. The van der Waals surface area contributed by atoms with Crippen LogP contribution in [0.25, 0.3) is 0 Å². The maximum Gasteiger partial charge on any atom is 0.229 e. The summed E-state index contributed by atoms with van der Waals surface area (Å²) in [5.74, 6) is -0.0247. The normalized spacial score (nSPS) is 10.4. The van der Waals surface area contributed by atoms with Crippen LogP contribution in [0.4, 0.5) is 27.5 Å². The molecular formula is C18H17FN4. The van der Waals surface area contributed by atoms with E-state index in [1.165, 1.54) is 0 Å². The first kappa shape index (κ1) is 15.0. The van der Waals surface area contributed by atoms with Gasteiger partial charge in [-0.1, -0.05) is 35.4 Å². The molecular weight excluding hydrogens is 291 g/mol. The predicted molar refractivity (Wildman–Crippen MR) is 90.9 cm³/mol. The molecule has 0 aliphatic carbocycles. The summed E-state index contributed by atoms with van der Waals surface area (Å²) in [5, 5.41) is 6.03. The van der Waals surface area contributed by atoms with Gasteiger partial charge >= 0.3 is 0 Å². The highest BCUT2D eigenvalue weighted by molar-refractivity contribution is 5.60. The number of aromatic nitrogens is 2. The van der Waals surface area contributed by atoms with E-state index >= 15 is 0 Å². The first-order chi connectivity index (χ1) is 11.1. The summed E-state index contributed by atoms with van der Waals surface area (Å²) in [6.07, 6.45) is 1.15. The molecule has 0 aliphatic heterocycles. The van der Waals surface area contributed by atoms with E-state index in [2.05, 4.69) is 20.6 Å². The van der Waals surface area contributed by atoms with Crippen LogP contribution in [0.15, 0.2) is 54.7 Å². The van der Waals surface area contributed by atoms with Crippen LogP contribution in [0, 0.1) is 19.7 Å². The average Bonchev–Trinajstić information content (AvgIpc) is 2.55. The third kappa shape index (κ3) is 3.83. The highest BCUT2D eigenvalue weighted by Gasteiger charge is 2.07. The number of rotatable bonds is 4. The Kier molecular flexibility index (Phi) is 4.19. The Morgan fingerprint density at radius 3 is 1.87 bits per heavy atom. The molecule has 0 saturated carbocycles. The van der Waals surface area contributed by atoms with Gasteiger partial charge in [0.25, 0.3) is 0 Å². The second-order valence-electron chi connectivity index (χ2n) is 5.37. The van der Waals surface area contributed by atoms with Crippen molar-refractivity contribution >= 4 is 23.1 Å². The van der Waals surface area contributed by atoms with Gasteiger partial charge in [0.1, 0.15) is 0 Å². The zero-order valence-corrected chi connectivity index (χ0v) is 13.0. The predicted octanol–water partition coefficient (Wildman–Crippen LogP) is 4.72. The number of nitrogens with one attached hydrogen (secondary N) is 2. The van der Waals surface area contributed by atoms with Crippen molar-refractivity contribution in [1.29, 1.82) is 0 Å². The van der Waals surface area contributed by atoms with E-state index in [0.29, 0.717) is 5.95 Å². The molecule has 1 aromatic heterocycles. The summed E-state index contributed by atoms with van der Waals surface area (Å²) in [6, 6.07) is 15.5. The van der Waals surface area contributed by atoms with Gasteiger partial charge in [-0.15, -0.1) is 0 Å². The van der Waals surface area contributed by atoms with Gasteiger partial charge in [0.2, 0.25) is 5.95 Å². The number of hydrogen-bond acceptors (Lipinski definition) is 4. The van der Waals surface area contributed by atoms with Gasteiger partial charge in [-0.25, -0.2) is 9.37 Å². The Bertz CT molecular complexity index is 798.